The van der Waals surface area contributed by atoms with Gasteiger partial charge in [-0.25, -0.2) is 27.7 Å². The lowest BCUT2D eigenvalue weighted by atomic mass is 10.2. The van der Waals surface area contributed by atoms with Crippen molar-refractivity contribution < 1.29 is 18.3 Å². The van der Waals surface area contributed by atoms with E-state index >= 15 is 0 Å². The average molecular weight is 347 g/mol. The first-order valence-corrected chi connectivity index (χ1v) is 8.63. The smallest absolute Gasteiger partial charge is 0.417 e. The maximum atomic E-state index is 11.3. The molecule has 1 aromatic carbocycles. The van der Waals surface area contributed by atoms with Gasteiger partial charge in [0.2, 0.25) is 10.0 Å². The third-order valence-electron chi connectivity index (χ3n) is 3.12. The van der Waals surface area contributed by atoms with Crippen LogP contribution in [0.4, 0.5) is 22.0 Å². The van der Waals surface area contributed by atoms with E-state index in [2.05, 4.69) is 20.0 Å². The summed E-state index contributed by atoms with van der Waals surface area (Å²) in [6, 6.07) is 8.21. The van der Waals surface area contributed by atoms with Crippen molar-refractivity contribution in [2.75, 3.05) is 16.3 Å². The highest BCUT2D eigenvalue weighted by Crippen LogP contribution is 2.25. The molecule has 124 valence electrons. The first-order chi connectivity index (χ1) is 11.3. The number of nitrogens with one attached hydrogen (secondary N) is 2. The Morgan fingerprint density at radius 3 is 2.67 bits per heavy atom. The van der Waals surface area contributed by atoms with Crippen LogP contribution in [0.25, 0.3) is 11.0 Å². The molecule has 3 N–H and O–H groups in total. The fourth-order valence-corrected chi connectivity index (χ4v) is 2.77. The van der Waals surface area contributed by atoms with Gasteiger partial charge in [0, 0.05) is 11.9 Å². The quantitative estimate of drug-likeness (QED) is 0.659. The molecule has 0 bridgehead atoms. The molecule has 2 aromatic heterocycles. The fraction of sp³-hybridized carbons (Fsp3) is 0.0714. The van der Waals surface area contributed by atoms with E-state index in [1.54, 1.807) is 30.3 Å². The zero-order valence-electron chi connectivity index (χ0n) is 12.5. The molecule has 0 aliphatic heterocycles. The Bertz CT molecular complexity index is 1030. The summed E-state index contributed by atoms with van der Waals surface area (Å²) in [6.45, 7) is 0. The number of rotatable bonds is 4. The number of benzene rings is 1. The number of fused-ring (bicyclic) bond motifs is 1. The van der Waals surface area contributed by atoms with Gasteiger partial charge in [0.25, 0.3) is 0 Å². The summed E-state index contributed by atoms with van der Waals surface area (Å²) in [4.78, 5) is 19.2. The monoisotopic (exact) mass is 347 g/mol. The lowest BCUT2D eigenvalue weighted by Gasteiger charge is -2.09. The largest absolute Gasteiger partial charge is 0.464 e. The average Bonchev–Trinajstić information content (AvgIpc) is 2.91. The Kier molecular flexibility index (Phi) is 3.81. The van der Waals surface area contributed by atoms with Gasteiger partial charge in [-0.3, -0.25) is 4.72 Å². The molecule has 0 aliphatic carbocycles. The highest BCUT2D eigenvalue weighted by atomic mass is 32.2. The van der Waals surface area contributed by atoms with Crippen molar-refractivity contribution in [3.8, 4) is 0 Å². The Hall–Kier alpha value is -3.14. The molecule has 2 heterocycles. The molecule has 10 heteroatoms. The topological polar surface area (TPSA) is 126 Å². The lowest BCUT2D eigenvalue weighted by Crippen LogP contribution is -2.09. The maximum Gasteiger partial charge on any atom is 0.417 e. The van der Waals surface area contributed by atoms with Crippen LogP contribution >= 0.6 is 0 Å². The van der Waals surface area contributed by atoms with E-state index in [1.165, 1.54) is 12.5 Å². The number of anilines is 3. The second kappa shape index (κ2) is 5.81. The van der Waals surface area contributed by atoms with Crippen molar-refractivity contribution in [1.29, 1.82) is 0 Å². The van der Waals surface area contributed by atoms with Crippen molar-refractivity contribution in [2.24, 2.45) is 0 Å². The molecular formula is C14H13N5O4S. The van der Waals surface area contributed by atoms with Crippen LogP contribution in [-0.4, -0.2) is 40.4 Å². The molecule has 0 amide bonds. The molecule has 24 heavy (non-hydrogen) atoms. The first kappa shape index (κ1) is 15.7. The van der Waals surface area contributed by atoms with E-state index in [4.69, 9.17) is 5.11 Å². The molecule has 0 atom stereocenters. The number of carboxylic acid groups (broad SMARTS) is 1. The number of aromatic nitrogens is 3. The SMILES string of the molecule is CS(=O)(=O)Nc1cccc(Nc2ncnc3c2ccn3C(=O)O)c1. The van der Waals surface area contributed by atoms with Crippen LogP contribution in [0.15, 0.2) is 42.9 Å². The number of sulfonamides is 1. The van der Waals surface area contributed by atoms with Crippen LogP contribution in [0, 0.1) is 0 Å². The predicted molar refractivity (Wildman–Crippen MR) is 89.1 cm³/mol. The van der Waals surface area contributed by atoms with Crippen molar-refractivity contribution in [3.63, 3.8) is 0 Å². The summed E-state index contributed by atoms with van der Waals surface area (Å²) >= 11 is 0. The number of hydrogen-bond acceptors (Lipinski definition) is 6. The van der Waals surface area contributed by atoms with Gasteiger partial charge in [-0.1, -0.05) is 6.07 Å². The van der Waals surface area contributed by atoms with Crippen molar-refractivity contribution in [3.05, 3.63) is 42.9 Å². The molecule has 3 aromatic rings. The number of hydrogen-bond donors (Lipinski definition) is 3. The Balaban J connectivity index is 1.96. The second-order valence-electron chi connectivity index (χ2n) is 5.01. The summed E-state index contributed by atoms with van der Waals surface area (Å²) in [5.74, 6) is 0.413. The van der Waals surface area contributed by atoms with Crippen LogP contribution < -0.4 is 10.0 Å². The number of nitrogens with zero attached hydrogens (tertiary/aromatic N) is 3. The highest BCUT2D eigenvalue weighted by molar-refractivity contribution is 7.92. The van der Waals surface area contributed by atoms with E-state index < -0.39 is 16.1 Å². The molecule has 0 radical (unpaired) electrons. The van der Waals surface area contributed by atoms with Gasteiger partial charge in [0.15, 0.2) is 5.65 Å². The molecule has 0 fully saturated rings. The standard InChI is InChI=1S/C14H13N5O4S/c1-24(22,23)18-10-4-2-3-9(7-10)17-12-11-5-6-19(14(20)21)13(11)16-8-15-12/h2-8,18H,1H3,(H,20,21)(H,15,16,17). The molecule has 0 aliphatic rings. The third kappa shape index (κ3) is 3.27. The molecule has 0 saturated carbocycles. The van der Waals surface area contributed by atoms with Gasteiger partial charge >= 0.3 is 6.09 Å². The van der Waals surface area contributed by atoms with Crippen molar-refractivity contribution in [1.82, 2.24) is 14.5 Å². The summed E-state index contributed by atoms with van der Waals surface area (Å²) in [5, 5.41) is 12.7. The Morgan fingerprint density at radius 1 is 1.21 bits per heavy atom. The fourth-order valence-electron chi connectivity index (χ4n) is 2.22. The Labute approximate surface area is 137 Å². The summed E-state index contributed by atoms with van der Waals surface area (Å²) in [5.41, 5.74) is 1.24. The van der Waals surface area contributed by atoms with Crippen LogP contribution in [-0.2, 0) is 10.0 Å². The van der Waals surface area contributed by atoms with E-state index in [0.717, 1.165) is 10.8 Å². The summed E-state index contributed by atoms with van der Waals surface area (Å²) in [7, 11) is -3.38. The zero-order valence-corrected chi connectivity index (χ0v) is 13.3. The first-order valence-electron chi connectivity index (χ1n) is 6.74. The normalized spacial score (nSPS) is 11.4. The van der Waals surface area contributed by atoms with Crippen molar-refractivity contribution in [2.45, 2.75) is 0 Å². The summed E-state index contributed by atoms with van der Waals surface area (Å²) < 4.78 is 26.0. The van der Waals surface area contributed by atoms with E-state index in [9.17, 15) is 13.2 Å². The lowest BCUT2D eigenvalue weighted by molar-refractivity contribution is 0.197. The van der Waals surface area contributed by atoms with Gasteiger partial charge < -0.3 is 10.4 Å². The third-order valence-corrected chi connectivity index (χ3v) is 3.72. The molecule has 0 unspecified atom stereocenters. The Morgan fingerprint density at radius 2 is 1.96 bits per heavy atom. The molecule has 9 nitrogen and oxygen atoms in total. The number of carbonyl (C=O) groups is 1. The minimum atomic E-state index is -3.38. The van der Waals surface area contributed by atoms with Gasteiger partial charge in [0.1, 0.15) is 12.1 Å². The zero-order chi connectivity index (χ0) is 17.3. The predicted octanol–water partition coefficient (Wildman–Crippen LogP) is 2.07. The minimum absolute atomic E-state index is 0.255. The molecule has 0 spiro atoms. The maximum absolute atomic E-state index is 11.3. The van der Waals surface area contributed by atoms with Crippen LogP contribution in [0.2, 0.25) is 0 Å². The van der Waals surface area contributed by atoms with Gasteiger partial charge in [-0.2, -0.15) is 0 Å². The van der Waals surface area contributed by atoms with Crippen molar-refractivity contribution >= 4 is 44.3 Å². The van der Waals surface area contributed by atoms with Crippen LogP contribution in [0.1, 0.15) is 0 Å². The second-order valence-corrected chi connectivity index (χ2v) is 6.76. The molecule has 3 rings (SSSR count). The summed E-state index contributed by atoms with van der Waals surface area (Å²) in [6.07, 6.45) is 2.56. The van der Waals surface area contributed by atoms with Crippen LogP contribution in [0.5, 0.6) is 0 Å². The van der Waals surface area contributed by atoms with E-state index in [1.807, 2.05) is 0 Å². The minimum Gasteiger partial charge on any atom is -0.464 e. The van der Waals surface area contributed by atoms with E-state index in [-0.39, 0.29) is 5.65 Å². The molecular weight excluding hydrogens is 334 g/mol. The highest BCUT2D eigenvalue weighted by Gasteiger charge is 2.12. The van der Waals surface area contributed by atoms with Gasteiger partial charge in [-0.15, -0.1) is 0 Å². The van der Waals surface area contributed by atoms with Gasteiger partial charge in [0.05, 0.1) is 17.3 Å². The van der Waals surface area contributed by atoms with Gasteiger partial charge in [-0.05, 0) is 24.3 Å². The van der Waals surface area contributed by atoms with Crippen LogP contribution in [0.3, 0.4) is 0 Å². The molecule has 0 saturated heterocycles. The van der Waals surface area contributed by atoms with E-state index in [0.29, 0.717) is 22.6 Å².